The van der Waals surface area contributed by atoms with E-state index in [-0.39, 0.29) is 5.91 Å². The molecule has 5 heteroatoms. The van der Waals surface area contributed by atoms with Crippen LogP contribution in [-0.4, -0.2) is 29.7 Å². The molecule has 1 aliphatic rings. The number of carbonyl (C=O) groups excluding carboxylic acids is 1. The van der Waals surface area contributed by atoms with Gasteiger partial charge in [-0.2, -0.15) is 5.10 Å². The molecule has 1 aliphatic heterocycles. The van der Waals surface area contributed by atoms with E-state index in [0.29, 0.717) is 6.54 Å². The van der Waals surface area contributed by atoms with Gasteiger partial charge in [-0.3, -0.25) is 9.78 Å². The zero-order valence-corrected chi connectivity index (χ0v) is 13.2. The lowest BCUT2D eigenvalue weighted by molar-refractivity contribution is -0.119. The predicted octanol–water partition coefficient (Wildman–Crippen LogP) is 2.37. The summed E-state index contributed by atoms with van der Waals surface area (Å²) in [7, 11) is 0. The summed E-state index contributed by atoms with van der Waals surface area (Å²) in [4.78, 5) is 18.3. The molecule has 0 radical (unpaired) electrons. The Bertz CT molecular complexity index is 712. The largest absolute Gasteiger partial charge is 0.362 e. The first kappa shape index (κ1) is 15.2. The molecule has 0 aliphatic carbocycles. The molecule has 1 amide bonds. The number of aromatic nitrogens is 1. The van der Waals surface area contributed by atoms with E-state index in [2.05, 4.69) is 32.5 Å². The van der Waals surface area contributed by atoms with Crippen LogP contribution in [0.1, 0.15) is 24.5 Å². The molecule has 23 heavy (non-hydrogen) atoms. The van der Waals surface area contributed by atoms with Crippen LogP contribution in [0.5, 0.6) is 0 Å². The number of nitrogens with zero attached hydrogens (tertiary/aromatic N) is 3. The van der Waals surface area contributed by atoms with Crippen LogP contribution in [-0.2, 0) is 11.2 Å². The summed E-state index contributed by atoms with van der Waals surface area (Å²) in [5.41, 5.74) is 6.82. The highest BCUT2D eigenvalue weighted by Crippen LogP contribution is 2.26. The lowest BCUT2D eigenvalue weighted by Gasteiger charge is -2.30. The van der Waals surface area contributed by atoms with Gasteiger partial charge in [-0.1, -0.05) is 18.2 Å². The lowest BCUT2D eigenvalue weighted by Crippen LogP contribution is -2.38. The van der Waals surface area contributed by atoms with E-state index in [9.17, 15) is 4.79 Å². The Morgan fingerprint density at radius 2 is 2.04 bits per heavy atom. The fraction of sp³-hybridized carbons (Fsp3) is 0.278. The summed E-state index contributed by atoms with van der Waals surface area (Å²) in [6.45, 7) is 3.09. The van der Waals surface area contributed by atoms with Gasteiger partial charge in [-0.25, -0.2) is 5.43 Å². The standard InChI is InChI=1S/C18H20N4O/c1-14(15-8-10-19-11-9-15)20-21-18(23)13-22-12-4-6-16-5-2-3-7-17(16)22/h2-3,5,7-11H,4,6,12-13H2,1H3,(H,21,23)/b20-14+. The second-order valence-electron chi connectivity index (χ2n) is 5.62. The third-order valence-corrected chi connectivity index (χ3v) is 3.99. The van der Waals surface area contributed by atoms with Crippen molar-refractivity contribution in [3.8, 4) is 0 Å². The first-order valence-corrected chi connectivity index (χ1v) is 7.80. The maximum Gasteiger partial charge on any atom is 0.259 e. The molecule has 0 saturated heterocycles. The number of carbonyl (C=O) groups is 1. The van der Waals surface area contributed by atoms with Gasteiger partial charge in [0.05, 0.1) is 12.3 Å². The maximum atomic E-state index is 12.2. The number of anilines is 1. The minimum atomic E-state index is -0.102. The van der Waals surface area contributed by atoms with Gasteiger partial charge in [0.1, 0.15) is 0 Å². The van der Waals surface area contributed by atoms with Crippen LogP contribution in [0, 0.1) is 0 Å². The molecule has 5 nitrogen and oxygen atoms in total. The van der Waals surface area contributed by atoms with E-state index in [1.54, 1.807) is 12.4 Å². The number of benzene rings is 1. The quantitative estimate of drug-likeness (QED) is 0.697. The summed E-state index contributed by atoms with van der Waals surface area (Å²) in [6, 6.07) is 12.0. The Morgan fingerprint density at radius 3 is 2.87 bits per heavy atom. The Kier molecular flexibility index (Phi) is 4.66. The zero-order valence-electron chi connectivity index (χ0n) is 13.2. The molecule has 2 aromatic rings. The molecule has 0 spiro atoms. The molecule has 0 atom stereocenters. The maximum absolute atomic E-state index is 12.2. The third-order valence-electron chi connectivity index (χ3n) is 3.99. The molecule has 1 N–H and O–H groups in total. The van der Waals surface area contributed by atoms with Crippen LogP contribution in [0.4, 0.5) is 5.69 Å². The summed E-state index contributed by atoms with van der Waals surface area (Å²) in [6.07, 6.45) is 5.57. The van der Waals surface area contributed by atoms with Gasteiger partial charge in [0, 0.05) is 30.2 Å². The predicted molar refractivity (Wildman–Crippen MR) is 91.6 cm³/mol. The van der Waals surface area contributed by atoms with E-state index < -0.39 is 0 Å². The second-order valence-corrected chi connectivity index (χ2v) is 5.62. The number of aryl methyl sites for hydroxylation is 1. The van der Waals surface area contributed by atoms with Crippen molar-refractivity contribution in [3.05, 3.63) is 59.9 Å². The van der Waals surface area contributed by atoms with Crippen LogP contribution < -0.4 is 10.3 Å². The fourth-order valence-corrected chi connectivity index (χ4v) is 2.79. The number of hydrazone groups is 1. The lowest BCUT2D eigenvalue weighted by atomic mass is 10.0. The van der Waals surface area contributed by atoms with Crippen molar-refractivity contribution in [1.29, 1.82) is 0 Å². The summed E-state index contributed by atoms with van der Waals surface area (Å²) < 4.78 is 0. The highest BCUT2D eigenvalue weighted by molar-refractivity contribution is 5.99. The second kappa shape index (κ2) is 7.05. The molecule has 2 heterocycles. The molecule has 118 valence electrons. The topological polar surface area (TPSA) is 57.6 Å². The van der Waals surface area contributed by atoms with E-state index in [0.717, 1.165) is 36.3 Å². The Labute approximate surface area is 136 Å². The first-order chi connectivity index (χ1) is 11.2. The highest BCUT2D eigenvalue weighted by atomic mass is 16.2. The Morgan fingerprint density at radius 1 is 1.26 bits per heavy atom. The minimum Gasteiger partial charge on any atom is -0.362 e. The number of nitrogens with one attached hydrogen (secondary N) is 1. The smallest absolute Gasteiger partial charge is 0.259 e. The number of hydrogen-bond acceptors (Lipinski definition) is 4. The highest BCUT2D eigenvalue weighted by Gasteiger charge is 2.18. The summed E-state index contributed by atoms with van der Waals surface area (Å²) >= 11 is 0. The van der Waals surface area contributed by atoms with Gasteiger partial charge >= 0.3 is 0 Å². The van der Waals surface area contributed by atoms with Gasteiger partial charge in [0.15, 0.2) is 0 Å². The summed E-state index contributed by atoms with van der Waals surface area (Å²) in [5.74, 6) is -0.102. The molecule has 0 saturated carbocycles. The average molecular weight is 308 g/mol. The van der Waals surface area contributed by atoms with Crippen molar-refractivity contribution < 1.29 is 4.79 Å². The van der Waals surface area contributed by atoms with Crippen LogP contribution in [0.3, 0.4) is 0 Å². The van der Waals surface area contributed by atoms with Gasteiger partial charge in [-0.05, 0) is 43.5 Å². The van der Waals surface area contributed by atoms with Crippen LogP contribution in [0.25, 0.3) is 0 Å². The number of fused-ring (bicyclic) bond motifs is 1. The van der Waals surface area contributed by atoms with Crippen LogP contribution >= 0.6 is 0 Å². The Balaban J connectivity index is 1.62. The third kappa shape index (κ3) is 3.74. The van der Waals surface area contributed by atoms with Gasteiger partial charge < -0.3 is 4.90 Å². The van der Waals surface area contributed by atoms with Crippen molar-refractivity contribution >= 4 is 17.3 Å². The normalized spacial score (nSPS) is 14.3. The molecule has 1 aromatic carbocycles. The van der Waals surface area contributed by atoms with Gasteiger partial charge in [-0.15, -0.1) is 0 Å². The molecule has 0 fully saturated rings. The monoisotopic (exact) mass is 308 g/mol. The zero-order chi connectivity index (χ0) is 16.1. The number of rotatable bonds is 4. The van der Waals surface area contributed by atoms with Gasteiger partial charge in [0.25, 0.3) is 5.91 Å². The number of hydrogen-bond donors (Lipinski definition) is 1. The minimum absolute atomic E-state index is 0.102. The van der Waals surface area contributed by atoms with Crippen molar-refractivity contribution in [3.63, 3.8) is 0 Å². The first-order valence-electron chi connectivity index (χ1n) is 7.80. The van der Waals surface area contributed by atoms with Gasteiger partial charge in [0.2, 0.25) is 0 Å². The SMILES string of the molecule is C/C(=N\NC(=O)CN1CCCc2ccccc21)c1ccncc1. The van der Waals surface area contributed by atoms with Crippen molar-refractivity contribution in [2.24, 2.45) is 5.10 Å². The summed E-state index contributed by atoms with van der Waals surface area (Å²) in [5, 5.41) is 4.18. The molecule has 3 rings (SSSR count). The van der Waals surface area contributed by atoms with E-state index in [1.807, 2.05) is 31.2 Å². The van der Waals surface area contributed by atoms with Crippen molar-refractivity contribution in [2.75, 3.05) is 18.0 Å². The Hall–Kier alpha value is -2.69. The molecule has 0 unspecified atom stereocenters. The molecular formula is C18H20N4O. The van der Waals surface area contributed by atoms with Crippen LogP contribution in [0.2, 0.25) is 0 Å². The average Bonchev–Trinajstić information content (AvgIpc) is 2.61. The number of amides is 1. The van der Waals surface area contributed by atoms with Crippen LogP contribution in [0.15, 0.2) is 53.9 Å². The molecular weight excluding hydrogens is 288 g/mol. The number of pyridine rings is 1. The van der Waals surface area contributed by atoms with Crippen molar-refractivity contribution in [2.45, 2.75) is 19.8 Å². The van der Waals surface area contributed by atoms with E-state index >= 15 is 0 Å². The van der Waals surface area contributed by atoms with E-state index in [1.165, 1.54) is 5.56 Å². The number of para-hydroxylation sites is 1. The van der Waals surface area contributed by atoms with E-state index in [4.69, 9.17) is 0 Å². The van der Waals surface area contributed by atoms with Crippen molar-refractivity contribution in [1.82, 2.24) is 10.4 Å². The molecule has 0 bridgehead atoms. The fourth-order valence-electron chi connectivity index (χ4n) is 2.79. The molecule has 1 aromatic heterocycles.